The van der Waals surface area contributed by atoms with E-state index in [9.17, 15) is 24.6 Å². The highest BCUT2D eigenvalue weighted by molar-refractivity contribution is 5.92. The largest absolute Gasteiger partial charge is 0.458 e. The minimum atomic E-state index is -1.58. The van der Waals surface area contributed by atoms with Crippen LogP contribution in [0, 0.1) is 28.6 Å². The number of Topliss-reactive ketones (excluding diaryl/α,β-unsaturated/α-hetero) is 1. The van der Waals surface area contributed by atoms with Crippen molar-refractivity contribution in [3.05, 3.63) is 11.6 Å². The van der Waals surface area contributed by atoms with Crippen LogP contribution in [-0.4, -0.2) is 80.7 Å². The van der Waals surface area contributed by atoms with E-state index in [2.05, 4.69) is 6.92 Å². The molecule has 0 aliphatic heterocycles. The Balaban J connectivity index is 0.000000530. The number of hydrogen-bond acceptors (Lipinski definition) is 9. The first-order chi connectivity index (χ1) is 17.2. The van der Waals surface area contributed by atoms with Gasteiger partial charge in [-0.2, -0.15) is 0 Å². The summed E-state index contributed by atoms with van der Waals surface area (Å²) in [4.78, 5) is 36.0. The van der Waals surface area contributed by atoms with E-state index in [1.165, 1.54) is 13.8 Å². The van der Waals surface area contributed by atoms with Gasteiger partial charge in [-0.05, 0) is 81.6 Å². The van der Waals surface area contributed by atoms with Crippen LogP contribution in [0.1, 0.15) is 79.6 Å². The number of esters is 1. The highest BCUT2D eigenvalue weighted by atomic mass is 16.5. The van der Waals surface area contributed by atoms with Gasteiger partial charge in [-0.15, -0.1) is 0 Å². The Morgan fingerprint density at radius 3 is 2.30 bits per heavy atom. The topological polar surface area (TPSA) is 162 Å². The van der Waals surface area contributed by atoms with Crippen LogP contribution in [0.3, 0.4) is 0 Å². The summed E-state index contributed by atoms with van der Waals surface area (Å²) in [5.41, 5.74) is -1.36. The Hall–Kier alpha value is -1.65. The fourth-order valence-corrected chi connectivity index (χ4v) is 7.44. The standard InChI is InChI=1S/C23H32O6.C3H8O2.C2H6O/c1-13(24)29-12-19(27)23(28)9-7-17-16-5-4-14-10-15(25)6-8-21(14,2)20(16)18(26)11-22(17,23)3;1-3(5)2-4;1-2-3/h10,16-18,20,26,28H,4-9,11-12H2,1-3H3;3-5H,2H2,1H3;3H,2H2,1H3/t16-,17-,18-,20+,21-,22-,23-;;/m0../s1. The lowest BCUT2D eigenvalue weighted by Gasteiger charge is -2.60. The van der Waals surface area contributed by atoms with Crippen LogP contribution < -0.4 is 0 Å². The number of rotatable bonds is 4. The molecule has 0 saturated heterocycles. The molecule has 37 heavy (non-hydrogen) atoms. The molecule has 0 amide bonds. The molecule has 5 N–H and O–H groups in total. The third-order valence-corrected chi connectivity index (χ3v) is 9.18. The van der Waals surface area contributed by atoms with Gasteiger partial charge in [0.15, 0.2) is 12.4 Å². The molecule has 0 aromatic rings. The van der Waals surface area contributed by atoms with E-state index in [4.69, 9.17) is 20.1 Å². The van der Waals surface area contributed by atoms with Crippen molar-refractivity contribution in [1.82, 2.24) is 0 Å². The van der Waals surface area contributed by atoms with E-state index in [-0.39, 0.29) is 42.2 Å². The molecule has 4 aliphatic rings. The molecule has 4 rings (SSSR count). The summed E-state index contributed by atoms with van der Waals surface area (Å²) in [5, 5.41) is 46.3. The van der Waals surface area contributed by atoms with Crippen molar-refractivity contribution in [1.29, 1.82) is 0 Å². The maximum Gasteiger partial charge on any atom is 0.303 e. The molecule has 3 saturated carbocycles. The van der Waals surface area contributed by atoms with Gasteiger partial charge in [-0.1, -0.05) is 19.4 Å². The van der Waals surface area contributed by atoms with E-state index >= 15 is 0 Å². The number of ketones is 2. The molecule has 8 atom stereocenters. The summed E-state index contributed by atoms with van der Waals surface area (Å²) in [7, 11) is 0. The molecular weight excluding hydrogens is 480 g/mol. The van der Waals surface area contributed by atoms with Crippen molar-refractivity contribution in [2.45, 2.75) is 97.4 Å². The number of fused-ring (bicyclic) bond motifs is 5. The summed E-state index contributed by atoms with van der Waals surface area (Å²) in [6, 6.07) is 0. The van der Waals surface area contributed by atoms with Crippen molar-refractivity contribution in [3.8, 4) is 0 Å². The Labute approximate surface area is 219 Å². The van der Waals surface area contributed by atoms with Gasteiger partial charge in [-0.25, -0.2) is 0 Å². The first-order valence-corrected chi connectivity index (χ1v) is 13.4. The predicted octanol–water partition coefficient (Wildman–Crippen LogP) is 1.71. The van der Waals surface area contributed by atoms with Crippen molar-refractivity contribution >= 4 is 17.5 Å². The molecule has 0 radical (unpaired) electrons. The number of ether oxygens (including phenoxy) is 1. The Kier molecular flexibility index (Phi) is 10.6. The van der Waals surface area contributed by atoms with Crippen LogP contribution in [0.4, 0.5) is 0 Å². The second kappa shape index (κ2) is 12.5. The Bertz CT molecular complexity index is 868. The molecule has 0 aromatic heterocycles. The summed E-state index contributed by atoms with van der Waals surface area (Å²) in [6.07, 6.45) is 4.98. The SMILES string of the molecule is CC(=O)OCC(=O)[C@@]1(O)CC[C@H]2[C@@H]3CCC4=CC(=O)CC[C@]4(C)[C@H]3[C@@H](O)C[C@@]21C.CC(O)CO.CCO. The minimum absolute atomic E-state index is 0.0413. The minimum Gasteiger partial charge on any atom is -0.458 e. The van der Waals surface area contributed by atoms with Crippen LogP contribution >= 0.6 is 0 Å². The number of hydrogen-bond donors (Lipinski definition) is 5. The van der Waals surface area contributed by atoms with Crippen molar-refractivity contribution in [2.24, 2.45) is 28.6 Å². The maximum atomic E-state index is 12.9. The predicted molar refractivity (Wildman–Crippen MR) is 136 cm³/mol. The lowest BCUT2D eigenvalue weighted by Crippen LogP contribution is -2.62. The molecule has 9 heteroatoms. The molecule has 0 spiro atoms. The number of aliphatic hydroxyl groups is 5. The number of allylic oxidation sites excluding steroid dienone is 1. The van der Waals surface area contributed by atoms with E-state index in [1.54, 1.807) is 13.0 Å². The second-order valence-electron chi connectivity index (χ2n) is 11.5. The van der Waals surface area contributed by atoms with E-state index in [0.29, 0.717) is 19.3 Å². The van der Waals surface area contributed by atoms with Crippen LogP contribution in [0.2, 0.25) is 0 Å². The molecule has 212 valence electrons. The molecule has 9 nitrogen and oxygen atoms in total. The van der Waals surface area contributed by atoms with E-state index in [0.717, 1.165) is 31.3 Å². The van der Waals surface area contributed by atoms with Gasteiger partial charge in [0.05, 0.1) is 18.8 Å². The monoisotopic (exact) mass is 526 g/mol. The average molecular weight is 527 g/mol. The normalized spacial score (nSPS) is 38.8. The molecule has 1 unspecified atom stereocenters. The zero-order valence-electron chi connectivity index (χ0n) is 22.9. The van der Waals surface area contributed by atoms with Crippen molar-refractivity contribution in [3.63, 3.8) is 0 Å². The van der Waals surface area contributed by atoms with Crippen LogP contribution in [0.25, 0.3) is 0 Å². The van der Waals surface area contributed by atoms with Crippen LogP contribution in [-0.2, 0) is 19.1 Å². The van der Waals surface area contributed by atoms with Gasteiger partial charge in [-0.3, -0.25) is 14.4 Å². The lowest BCUT2D eigenvalue weighted by atomic mass is 9.45. The van der Waals surface area contributed by atoms with Crippen molar-refractivity contribution < 1.29 is 44.7 Å². The summed E-state index contributed by atoms with van der Waals surface area (Å²) >= 11 is 0. The molecule has 4 aliphatic carbocycles. The summed E-state index contributed by atoms with van der Waals surface area (Å²) < 4.78 is 4.89. The third-order valence-electron chi connectivity index (χ3n) is 9.18. The molecule has 0 bridgehead atoms. The Morgan fingerprint density at radius 2 is 1.76 bits per heavy atom. The summed E-state index contributed by atoms with van der Waals surface area (Å²) in [6.45, 7) is 8.24. The summed E-state index contributed by atoms with van der Waals surface area (Å²) in [5.74, 6) is -0.462. The van der Waals surface area contributed by atoms with E-state index < -0.39 is 41.6 Å². The fraction of sp³-hybridized carbons (Fsp3) is 0.821. The number of carbonyl (C=O) groups is 3. The molecule has 3 fully saturated rings. The fourth-order valence-electron chi connectivity index (χ4n) is 7.44. The smallest absolute Gasteiger partial charge is 0.303 e. The van der Waals surface area contributed by atoms with Crippen LogP contribution in [0.5, 0.6) is 0 Å². The maximum absolute atomic E-state index is 12.9. The first-order valence-electron chi connectivity index (χ1n) is 13.4. The Morgan fingerprint density at radius 1 is 1.16 bits per heavy atom. The average Bonchev–Trinajstić information content (AvgIpc) is 3.09. The second-order valence-corrected chi connectivity index (χ2v) is 11.5. The highest BCUT2D eigenvalue weighted by Crippen LogP contribution is 2.67. The van der Waals surface area contributed by atoms with Gasteiger partial charge >= 0.3 is 5.97 Å². The lowest BCUT2D eigenvalue weighted by molar-refractivity contribution is -0.184. The van der Waals surface area contributed by atoms with Gasteiger partial charge in [0.1, 0.15) is 5.60 Å². The quantitative estimate of drug-likeness (QED) is 0.343. The van der Waals surface area contributed by atoms with Gasteiger partial charge in [0.2, 0.25) is 5.78 Å². The molecule has 0 aromatic carbocycles. The third kappa shape index (κ3) is 6.17. The van der Waals surface area contributed by atoms with Gasteiger partial charge < -0.3 is 30.3 Å². The highest BCUT2D eigenvalue weighted by Gasteiger charge is 2.68. The molecule has 0 heterocycles. The van der Waals surface area contributed by atoms with Gasteiger partial charge in [0.25, 0.3) is 0 Å². The zero-order chi connectivity index (χ0) is 28.2. The zero-order valence-corrected chi connectivity index (χ0v) is 22.9. The van der Waals surface area contributed by atoms with E-state index in [1.807, 2.05) is 6.92 Å². The van der Waals surface area contributed by atoms with Gasteiger partial charge in [0, 0.05) is 25.4 Å². The first kappa shape index (κ1) is 31.6. The number of aliphatic hydroxyl groups excluding tert-OH is 4. The number of carbonyl (C=O) groups excluding carboxylic acids is 3. The molecular formula is C28H46O9. The van der Waals surface area contributed by atoms with Crippen LogP contribution in [0.15, 0.2) is 11.6 Å². The van der Waals surface area contributed by atoms with Crippen molar-refractivity contribution in [2.75, 3.05) is 19.8 Å².